The van der Waals surface area contributed by atoms with Gasteiger partial charge in [0.1, 0.15) is 0 Å². The number of rotatable bonds is 4. The first kappa shape index (κ1) is 16.0. The second-order valence-corrected chi connectivity index (χ2v) is 6.57. The van der Waals surface area contributed by atoms with Crippen LogP contribution in [0.2, 0.25) is 0 Å². The summed E-state index contributed by atoms with van der Waals surface area (Å²) in [7, 11) is 0. The summed E-state index contributed by atoms with van der Waals surface area (Å²) in [6, 6.07) is 21.5. The third kappa shape index (κ3) is 3.39. The van der Waals surface area contributed by atoms with E-state index in [1.54, 1.807) is 0 Å². The smallest absolute Gasteiger partial charge is 0.0875 e. The maximum Gasteiger partial charge on any atom is 0.0875 e. The molecule has 1 saturated heterocycles. The molecule has 0 bridgehead atoms. The van der Waals surface area contributed by atoms with Gasteiger partial charge in [0.2, 0.25) is 0 Å². The standard InChI is InChI=1S/C21H25NO/c1-17(2)21(23)13-15-22(16-14-21)20(18-9-5-3-6-10-18)19-11-7-4-8-12-19/h3-12,20,23H,1,13-16H2,2H3. The van der Waals surface area contributed by atoms with Crippen molar-refractivity contribution in [2.75, 3.05) is 13.1 Å². The van der Waals surface area contributed by atoms with Gasteiger partial charge in [0.15, 0.2) is 0 Å². The number of piperidine rings is 1. The van der Waals surface area contributed by atoms with Crippen molar-refractivity contribution in [2.45, 2.75) is 31.4 Å². The molecule has 1 aliphatic heterocycles. The summed E-state index contributed by atoms with van der Waals surface area (Å²) in [6.07, 6.45) is 1.50. The molecule has 0 amide bonds. The highest BCUT2D eigenvalue weighted by Crippen LogP contribution is 2.35. The van der Waals surface area contributed by atoms with Crippen LogP contribution in [0.1, 0.15) is 36.9 Å². The second kappa shape index (κ2) is 6.69. The first-order chi connectivity index (χ1) is 11.1. The Kier molecular flexibility index (Phi) is 4.65. The van der Waals surface area contributed by atoms with Crippen LogP contribution in [0, 0.1) is 0 Å². The zero-order chi connectivity index (χ0) is 16.3. The van der Waals surface area contributed by atoms with Crippen LogP contribution < -0.4 is 0 Å². The molecule has 2 aromatic carbocycles. The Bertz CT molecular complexity index is 603. The van der Waals surface area contributed by atoms with Crippen LogP contribution in [0.4, 0.5) is 0 Å². The molecular formula is C21H25NO. The van der Waals surface area contributed by atoms with Crippen molar-refractivity contribution < 1.29 is 5.11 Å². The third-order valence-corrected chi connectivity index (χ3v) is 5.02. The van der Waals surface area contributed by atoms with Gasteiger partial charge in [0, 0.05) is 13.1 Å². The minimum Gasteiger partial charge on any atom is -0.385 e. The summed E-state index contributed by atoms with van der Waals surface area (Å²) in [5.41, 5.74) is 2.79. The van der Waals surface area contributed by atoms with Crippen LogP contribution in [-0.2, 0) is 0 Å². The van der Waals surface area contributed by atoms with E-state index in [0.717, 1.165) is 31.5 Å². The summed E-state index contributed by atoms with van der Waals surface area (Å²) in [4.78, 5) is 2.47. The van der Waals surface area contributed by atoms with Gasteiger partial charge in [0.05, 0.1) is 11.6 Å². The molecule has 0 aliphatic carbocycles. The van der Waals surface area contributed by atoms with Crippen molar-refractivity contribution in [3.05, 3.63) is 83.9 Å². The van der Waals surface area contributed by atoms with Crippen LogP contribution in [0.25, 0.3) is 0 Å². The fourth-order valence-corrected chi connectivity index (χ4v) is 3.46. The Balaban J connectivity index is 1.88. The Hall–Kier alpha value is -1.90. The number of nitrogens with zero attached hydrogens (tertiary/aromatic N) is 1. The predicted molar refractivity (Wildman–Crippen MR) is 95.3 cm³/mol. The van der Waals surface area contributed by atoms with Crippen molar-refractivity contribution >= 4 is 0 Å². The molecule has 120 valence electrons. The van der Waals surface area contributed by atoms with Gasteiger partial charge >= 0.3 is 0 Å². The van der Waals surface area contributed by atoms with Gasteiger partial charge in [0.25, 0.3) is 0 Å². The van der Waals surface area contributed by atoms with Gasteiger partial charge in [-0.1, -0.05) is 67.2 Å². The zero-order valence-corrected chi connectivity index (χ0v) is 13.8. The first-order valence-corrected chi connectivity index (χ1v) is 8.32. The molecule has 2 nitrogen and oxygen atoms in total. The third-order valence-electron chi connectivity index (χ3n) is 5.02. The monoisotopic (exact) mass is 307 g/mol. The van der Waals surface area contributed by atoms with Crippen LogP contribution in [0.5, 0.6) is 0 Å². The fourth-order valence-electron chi connectivity index (χ4n) is 3.46. The van der Waals surface area contributed by atoms with E-state index >= 15 is 0 Å². The fraction of sp³-hybridized carbons (Fsp3) is 0.333. The highest BCUT2D eigenvalue weighted by atomic mass is 16.3. The van der Waals surface area contributed by atoms with Crippen LogP contribution in [-0.4, -0.2) is 28.7 Å². The van der Waals surface area contributed by atoms with Gasteiger partial charge in [-0.05, 0) is 36.5 Å². The lowest BCUT2D eigenvalue weighted by Crippen LogP contribution is -2.46. The van der Waals surface area contributed by atoms with Crippen molar-refractivity contribution in [1.29, 1.82) is 0 Å². The maximum atomic E-state index is 10.7. The number of benzene rings is 2. The zero-order valence-electron chi connectivity index (χ0n) is 13.8. The molecule has 0 radical (unpaired) electrons. The quantitative estimate of drug-likeness (QED) is 0.857. The molecule has 3 rings (SSSR count). The summed E-state index contributed by atoms with van der Waals surface area (Å²) in [5, 5.41) is 10.7. The number of hydrogen-bond acceptors (Lipinski definition) is 2. The lowest BCUT2D eigenvalue weighted by atomic mass is 9.84. The van der Waals surface area contributed by atoms with Crippen LogP contribution >= 0.6 is 0 Å². The SMILES string of the molecule is C=C(C)C1(O)CCN(C(c2ccccc2)c2ccccc2)CC1. The van der Waals surface area contributed by atoms with Crippen molar-refractivity contribution in [1.82, 2.24) is 4.90 Å². The molecule has 0 saturated carbocycles. The minimum absolute atomic E-state index is 0.243. The van der Waals surface area contributed by atoms with Gasteiger partial charge in [-0.3, -0.25) is 4.90 Å². The Labute approximate surface area is 139 Å². The summed E-state index contributed by atoms with van der Waals surface area (Å²) < 4.78 is 0. The summed E-state index contributed by atoms with van der Waals surface area (Å²) in [5.74, 6) is 0. The molecule has 2 heteroatoms. The summed E-state index contributed by atoms with van der Waals surface area (Å²) >= 11 is 0. The molecule has 2 aromatic rings. The topological polar surface area (TPSA) is 23.5 Å². The normalized spacial score (nSPS) is 18.0. The molecule has 23 heavy (non-hydrogen) atoms. The number of likely N-dealkylation sites (tertiary alicyclic amines) is 1. The van der Waals surface area contributed by atoms with Crippen molar-refractivity contribution in [3.8, 4) is 0 Å². The average molecular weight is 307 g/mol. The highest BCUT2D eigenvalue weighted by molar-refractivity contribution is 5.32. The molecule has 1 aliphatic rings. The summed E-state index contributed by atoms with van der Waals surface area (Å²) in [6.45, 7) is 7.65. The van der Waals surface area contributed by atoms with Gasteiger partial charge in [-0.15, -0.1) is 0 Å². The first-order valence-electron chi connectivity index (χ1n) is 8.32. The molecule has 0 aromatic heterocycles. The lowest BCUT2D eigenvalue weighted by molar-refractivity contribution is 0.00160. The van der Waals surface area contributed by atoms with E-state index in [1.807, 2.05) is 6.92 Å². The Morgan fingerprint density at radius 2 is 1.39 bits per heavy atom. The Morgan fingerprint density at radius 1 is 0.957 bits per heavy atom. The van der Waals surface area contributed by atoms with Gasteiger partial charge in [-0.25, -0.2) is 0 Å². The second-order valence-electron chi connectivity index (χ2n) is 6.57. The van der Waals surface area contributed by atoms with E-state index in [9.17, 15) is 5.11 Å². The Morgan fingerprint density at radius 3 is 1.78 bits per heavy atom. The number of hydrogen-bond donors (Lipinski definition) is 1. The van der Waals surface area contributed by atoms with E-state index in [2.05, 4.69) is 72.1 Å². The van der Waals surface area contributed by atoms with E-state index in [0.29, 0.717) is 0 Å². The van der Waals surface area contributed by atoms with Crippen molar-refractivity contribution in [3.63, 3.8) is 0 Å². The average Bonchev–Trinajstić information content (AvgIpc) is 2.59. The highest BCUT2D eigenvalue weighted by Gasteiger charge is 2.35. The van der Waals surface area contributed by atoms with E-state index in [1.165, 1.54) is 11.1 Å². The lowest BCUT2D eigenvalue weighted by Gasteiger charge is -2.42. The van der Waals surface area contributed by atoms with Crippen LogP contribution in [0.3, 0.4) is 0 Å². The minimum atomic E-state index is -0.700. The molecule has 1 fully saturated rings. The van der Waals surface area contributed by atoms with Gasteiger partial charge < -0.3 is 5.11 Å². The predicted octanol–water partition coefficient (Wildman–Crippen LogP) is 4.18. The maximum absolute atomic E-state index is 10.7. The molecule has 0 atom stereocenters. The molecule has 1 heterocycles. The molecule has 1 N–H and O–H groups in total. The van der Waals surface area contributed by atoms with E-state index < -0.39 is 5.60 Å². The van der Waals surface area contributed by atoms with Gasteiger partial charge in [-0.2, -0.15) is 0 Å². The number of aliphatic hydroxyl groups is 1. The molecule has 0 spiro atoms. The van der Waals surface area contributed by atoms with E-state index in [4.69, 9.17) is 0 Å². The van der Waals surface area contributed by atoms with E-state index in [-0.39, 0.29) is 6.04 Å². The van der Waals surface area contributed by atoms with Crippen LogP contribution in [0.15, 0.2) is 72.8 Å². The largest absolute Gasteiger partial charge is 0.385 e. The van der Waals surface area contributed by atoms with Crippen molar-refractivity contribution in [2.24, 2.45) is 0 Å². The molecular weight excluding hydrogens is 282 g/mol. The molecule has 0 unspecified atom stereocenters.